The molecule has 0 atom stereocenters. The van der Waals surface area contributed by atoms with Crippen LogP contribution in [0.1, 0.15) is 49.0 Å². The van der Waals surface area contributed by atoms with E-state index in [4.69, 9.17) is 4.74 Å². The average Bonchev–Trinajstić information content (AvgIpc) is 3.16. The van der Waals surface area contributed by atoms with E-state index in [1.54, 1.807) is 30.0 Å². The molecule has 0 unspecified atom stereocenters. The summed E-state index contributed by atoms with van der Waals surface area (Å²) in [6.45, 7) is 5.18. The predicted octanol–water partition coefficient (Wildman–Crippen LogP) is 4.35. The fourth-order valence-corrected chi connectivity index (χ4v) is 4.13. The van der Waals surface area contributed by atoms with Crippen LogP contribution in [0.5, 0.6) is 0 Å². The molecule has 0 radical (unpaired) electrons. The summed E-state index contributed by atoms with van der Waals surface area (Å²) in [5.41, 5.74) is 4.76. The van der Waals surface area contributed by atoms with Gasteiger partial charge in [-0.2, -0.15) is 0 Å². The molecule has 0 fully saturated rings. The first-order valence-electron chi connectivity index (χ1n) is 11.8. The molecule has 2 aromatic carbocycles. The van der Waals surface area contributed by atoms with E-state index in [0.29, 0.717) is 29.8 Å². The minimum Gasteiger partial charge on any atom is -0.465 e. The molecule has 1 aliphatic heterocycles. The number of carbonyl (C=O) groups is 3. The normalized spacial score (nSPS) is 13.8. The molecule has 8 heteroatoms. The maximum absolute atomic E-state index is 12.9. The van der Waals surface area contributed by atoms with Crippen molar-refractivity contribution in [2.75, 3.05) is 49.8 Å². The standard InChI is InChI=1S/C27H34N4O4/c1-6-8-23(25-22-14-9-19(27(34)35-5)17-24(22)29-26(25)33)28-20-10-12-21(13-11-20)31(18(2)32)16-7-15-30(3)4/h9-14,17,28H,6-8,15-16H2,1-5H3,(H,29,33)/b25-23-. The topological polar surface area (TPSA) is 91.0 Å². The molecule has 2 N–H and O–H groups in total. The van der Waals surface area contributed by atoms with E-state index in [0.717, 1.165) is 42.0 Å². The number of ether oxygens (including phenoxy) is 1. The van der Waals surface area contributed by atoms with Crippen LogP contribution < -0.4 is 15.5 Å². The van der Waals surface area contributed by atoms with Crippen LogP contribution in [0.25, 0.3) is 5.57 Å². The molecular formula is C27H34N4O4. The molecule has 0 spiro atoms. The largest absolute Gasteiger partial charge is 0.465 e. The van der Waals surface area contributed by atoms with Gasteiger partial charge in [-0.1, -0.05) is 19.4 Å². The zero-order valence-corrected chi connectivity index (χ0v) is 21.1. The number of rotatable bonds is 10. The van der Waals surface area contributed by atoms with E-state index in [2.05, 4.69) is 22.5 Å². The van der Waals surface area contributed by atoms with Crippen molar-refractivity contribution in [2.45, 2.75) is 33.1 Å². The van der Waals surface area contributed by atoms with Gasteiger partial charge in [-0.3, -0.25) is 9.59 Å². The van der Waals surface area contributed by atoms with Gasteiger partial charge in [0.15, 0.2) is 0 Å². The molecule has 2 aromatic rings. The summed E-state index contributed by atoms with van der Waals surface area (Å²) in [7, 11) is 5.36. The summed E-state index contributed by atoms with van der Waals surface area (Å²) in [6.07, 6.45) is 2.40. The predicted molar refractivity (Wildman–Crippen MR) is 140 cm³/mol. The summed E-state index contributed by atoms with van der Waals surface area (Å²) in [5.74, 6) is -0.658. The second kappa shape index (κ2) is 11.7. The van der Waals surface area contributed by atoms with Gasteiger partial charge >= 0.3 is 5.97 Å². The zero-order chi connectivity index (χ0) is 25.5. The van der Waals surface area contributed by atoms with E-state index >= 15 is 0 Å². The Morgan fingerprint density at radius 3 is 2.37 bits per heavy atom. The first-order chi connectivity index (χ1) is 16.7. The van der Waals surface area contributed by atoms with Crippen molar-refractivity contribution in [3.8, 4) is 0 Å². The van der Waals surface area contributed by atoms with Crippen LogP contribution in [-0.4, -0.2) is 57.0 Å². The summed E-state index contributed by atoms with van der Waals surface area (Å²) in [6, 6.07) is 12.7. The molecule has 35 heavy (non-hydrogen) atoms. The van der Waals surface area contributed by atoms with Crippen molar-refractivity contribution in [2.24, 2.45) is 0 Å². The van der Waals surface area contributed by atoms with Crippen LogP contribution in [0.2, 0.25) is 0 Å². The van der Waals surface area contributed by atoms with Gasteiger partial charge in [-0.15, -0.1) is 0 Å². The number of anilines is 3. The first kappa shape index (κ1) is 26.0. The highest BCUT2D eigenvalue weighted by atomic mass is 16.5. The van der Waals surface area contributed by atoms with Crippen molar-refractivity contribution in [1.29, 1.82) is 0 Å². The van der Waals surface area contributed by atoms with Gasteiger partial charge < -0.3 is 25.2 Å². The van der Waals surface area contributed by atoms with E-state index in [1.165, 1.54) is 7.11 Å². The van der Waals surface area contributed by atoms with Gasteiger partial charge in [0.2, 0.25) is 5.91 Å². The van der Waals surface area contributed by atoms with Gasteiger partial charge in [0.25, 0.3) is 5.91 Å². The molecule has 8 nitrogen and oxygen atoms in total. The summed E-state index contributed by atoms with van der Waals surface area (Å²) < 4.78 is 4.79. The number of nitrogens with zero attached hydrogens (tertiary/aromatic N) is 2. The molecule has 186 valence electrons. The number of nitrogens with one attached hydrogen (secondary N) is 2. The quantitative estimate of drug-likeness (QED) is 0.390. The summed E-state index contributed by atoms with van der Waals surface area (Å²) in [4.78, 5) is 40.8. The monoisotopic (exact) mass is 478 g/mol. The fourth-order valence-electron chi connectivity index (χ4n) is 4.13. The Kier molecular flexibility index (Phi) is 8.65. The number of allylic oxidation sites excluding steroid dienone is 1. The van der Waals surface area contributed by atoms with E-state index in [1.807, 2.05) is 38.4 Å². The van der Waals surface area contributed by atoms with Crippen LogP contribution in [0.4, 0.5) is 17.1 Å². The van der Waals surface area contributed by atoms with Gasteiger partial charge in [-0.05, 0) is 69.9 Å². The minimum atomic E-state index is -0.451. The molecule has 0 aliphatic carbocycles. The third kappa shape index (κ3) is 6.27. The number of benzene rings is 2. The van der Waals surface area contributed by atoms with Crippen molar-refractivity contribution < 1.29 is 19.1 Å². The Bertz CT molecular complexity index is 1120. The average molecular weight is 479 g/mol. The number of esters is 1. The highest BCUT2D eigenvalue weighted by Gasteiger charge is 2.28. The van der Waals surface area contributed by atoms with Crippen LogP contribution in [0, 0.1) is 0 Å². The van der Waals surface area contributed by atoms with E-state index < -0.39 is 5.97 Å². The molecule has 0 aromatic heterocycles. The molecule has 1 aliphatic rings. The minimum absolute atomic E-state index is 0.00353. The van der Waals surface area contributed by atoms with Crippen LogP contribution in [-0.2, 0) is 14.3 Å². The molecule has 1 heterocycles. The second-order valence-electron chi connectivity index (χ2n) is 8.81. The third-order valence-electron chi connectivity index (χ3n) is 5.83. The van der Waals surface area contributed by atoms with Crippen molar-refractivity contribution in [3.05, 3.63) is 59.3 Å². The van der Waals surface area contributed by atoms with Gasteiger partial charge in [0.1, 0.15) is 0 Å². The Morgan fingerprint density at radius 2 is 1.77 bits per heavy atom. The number of methoxy groups -OCH3 is 1. The molecule has 0 saturated carbocycles. The highest BCUT2D eigenvalue weighted by molar-refractivity contribution is 6.32. The second-order valence-corrected chi connectivity index (χ2v) is 8.81. The van der Waals surface area contributed by atoms with Gasteiger partial charge in [0, 0.05) is 36.1 Å². The van der Waals surface area contributed by atoms with Gasteiger partial charge in [0.05, 0.1) is 23.9 Å². The number of amides is 2. The lowest BCUT2D eigenvalue weighted by Gasteiger charge is -2.23. The molecule has 2 amide bonds. The van der Waals surface area contributed by atoms with Crippen molar-refractivity contribution in [1.82, 2.24) is 4.90 Å². The fraction of sp³-hybridized carbons (Fsp3) is 0.370. The Labute approximate surface area is 206 Å². The van der Waals surface area contributed by atoms with E-state index in [9.17, 15) is 14.4 Å². The van der Waals surface area contributed by atoms with Gasteiger partial charge in [-0.25, -0.2) is 4.79 Å². The Balaban J connectivity index is 1.85. The van der Waals surface area contributed by atoms with Crippen molar-refractivity contribution in [3.63, 3.8) is 0 Å². The number of hydrogen-bond donors (Lipinski definition) is 2. The number of carbonyl (C=O) groups excluding carboxylic acids is 3. The Hall–Kier alpha value is -3.65. The molecule has 0 saturated heterocycles. The highest BCUT2D eigenvalue weighted by Crippen LogP contribution is 2.36. The lowest BCUT2D eigenvalue weighted by molar-refractivity contribution is -0.116. The van der Waals surface area contributed by atoms with Crippen molar-refractivity contribution >= 4 is 40.4 Å². The van der Waals surface area contributed by atoms with Crippen LogP contribution in [0.15, 0.2) is 48.2 Å². The molecular weight excluding hydrogens is 444 g/mol. The van der Waals surface area contributed by atoms with Crippen LogP contribution >= 0.6 is 0 Å². The number of hydrogen-bond acceptors (Lipinski definition) is 6. The zero-order valence-electron chi connectivity index (χ0n) is 21.1. The SMILES string of the molecule is CCC/C(Nc1ccc(N(CCCN(C)C)C(C)=O)cc1)=C1/C(=O)Nc2cc(C(=O)OC)ccc21. The Morgan fingerprint density at radius 1 is 1.06 bits per heavy atom. The molecule has 3 rings (SSSR count). The lowest BCUT2D eigenvalue weighted by Crippen LogP contribution is -2.31. The van der Waals surface area contributed by atoms with E-state index in [-0.39, 0.29) is 11.8 Å². The maximum atomic E-state index is 12.9. The smallest absolute Gasteiger partial charge is 0.337 e. The number of fused-ring (bicyclic) bond motifs is 1. The lowest BCUT2D eigenvalue weighted by atomic mass is 10.0. The summed E-state index contributed by atoms with van der Waals surface area (Å²) in [5, 5.41) is 6.28. The molecule has 0 bridgehead atoms. The third-order valence-corrected chi connectivity index (χ3v) is 5.83. The first-order valence-corrected chi connectivity index (χ1v) is 11.8. The maximum Gasteiger partial charge on any atom is 0.337 e. The van der Waals surface area contributed by atoms with Crippen LogP contribution in [0.3, 0.4) is 0 Å². The summed E-state index contributed by atoms with van der Waals surface area (Å²) >= 11 is 0.